The molecule has 0 atom stereocenters. The molecule has 0 bridgehead atoms. The second-order valence-electron chi connectivity index (χ2n) is 13.3. The van der Waals surface area contributed by atoms with Crippen LogP contribution in [0, 0.1) is 0 Å². The SMILES string of the molecule is CC.CCC.[V].c1ccc(-c2ccc3oc4c(-c5cc(-c6ccnc7c6oc6ccccc67)cc(-c6ccnc7c6sc6ccccc67)c5)ccnc4c3c2)nc1. The van der Waals surface area contributed by atoms with Gasteiger partial charge >= 0.3 is 0 Å². The first-order valence-corrected chi connectivity index (χ1v) is 19.9. The normalized spacial score (nSPS) is 11.1. The van der Waals surface area contributed by atoms with Crippen molar-refractivity contribution in [2.24, 2.45) is 0 Å². The van der Waals surface area contributed by atoms with Gasteiger partial charge in [-0.05, 0) is 102 Å². The summed E-state index contributed by atoms with van der Waals surface area (Å²) in [7, 11) is 0. The molecule has 0 unspecified atom stereocenters. The molecule has 0 spiro atoms. The van der Waals surface area contributed by atoms with Gasteiger partial charge in [-0.2, -0.15) is 0 Å². The molecule has 11 aromatic rings. The smallest absolute Gasteiger partial charge is 0.161 e. The van der Waals surface area contributed by atoms with Crippen LogP contribution in [-0.2, 0) is 18.6 Å². The minimum atomic E-state index is 0. The number of rotatable bonds is 4. The van der Waals surface area contributed by atoms with Gasteiger partial charge in [0.1, 0.15) is 22.2 Å². The predicted octanol–water partition coefficient (Wildman–Crippen LogP) is 14.5. The Kier molecular flexibility index (Phi) is 10.7. The van der Waals surface area contributed by atoms with E-state index in [2.05, 4.69) is 79.5 Å². The van der Waals surface area contributed by atoms with Crippen LogP contribution >= 0.6 is 11.3 Å². The molecule has 0 saturated carbocycles. The summed E-state index contributed by atoms with van der Waals surface area (Å²) in [6.45, 7) is 8.25. The van der Waals surface area contributed by atoms with Gasteiger partial charge in [0.25, 0.3) is 0 Å². The monoisotopic (exact) mass is 797 g/mol. The van der Waals surface area contributed by atoms with Crippen LogP contribution in [0.4, 0.5) is 0 Å². The molecule has 0 aliphatic carbocycles. The van der Waals surface area contributed by atoms with Crippen molar-refractivity contribution < 1.29 is 27.4 Å². The van der Waals surface area contributed by atoms with Crippen LogP contribution in [0.5, 0.6) is 0 Å². The Bertz CT molecular complexity index is 3050. The van der Waals surface area contributed by atoms with Gasteiger partial charge in [0.2, 0.25) is 0 Å². The molecule has 4 aromatic carbocycles. The van der Waals surface area contributed by atoms with E-state index in [9.17, 15) is 0 Å². The van der Waals surface area contributed by atoms with Crippen LogP contribution < -0.4 is 0 Å². The van der Waals surface area contributed by atoms with E-state index in [1.165, 1.54) is 11.1 Å². The number of pyridine rings is 4. The van der Waals surface area contributed by atoms with Crippen molar-refractivity contribution >= 4 is 75.8 Å². The topological polar surface area (TPSA) is 77.8 Å². The standard InChI is InChI=1S/C44H24N4O2S.C3H8.C2H6.V/c1-3-10-36-32(7-1)39-42(49-36)29(14-18-46-39)26-21-27(23-28(22-26)31-16-20-48-41-33-8-2-4-11-38(33)51-44(31)41)30-15-19-47-40-34-24-25(35-9-5-6-17-45-35)12-13-37(34)50-43(30)40;1-3-2;1-2;/h1-24H;3H2,1-2H3;1-2H3;. The van der Waals surface area contributed by atoms with Crippen LogP contribution in [0.2, 0.25) is 0 Å². The van der Waals surface area contributed by atoms with Crippen molar-refractivity contribution in [3.8, 4) is 44.6 Å². The molecule has 7 aromatic heterocycles. The number of para-hydroxylation sites is 1. The Morgan fingerprint density at radius 3 is 1.68 bits per heavy atom. The summed E-state index contributed by atoms with van der Waals surface area (Å²) in [4.78, 5) is 19.0. The Morgan fingerprint density at radius 2 is 1.02 bits per heavy atom. The molecule has 277 valence electrons. The zero-order chi connectivity index (χ0) is 38.2. The zero-order valence-electron chi connectivity index (χ0n) is 32.0. The first-order valence-electron chi connectivity index (χ1n) is 19.1. The van der Waals surface area contributed by atoms with E-state index in [0.717, 1.165) is 104 Å². The number of thiophene rings is 1. The van der Waals surface area contributed by atoms with Crippen molar-refractivity contribution in [3.05, 3.63) is 146 Å². The average Bonchev–Trinajstić information content (AvgIpc) is 3.96. The quantitative estimate of drug-likeness (QED) is 0.176. The molecule has 0 fully saturated rings. The number of nitrogens with zero attached hydrogens (tertiary/aromatic N) is 4. The van der Waals surface area contributed by atoms with Crippen molar-refractivity contribution in [2.75, 3.05) is 0 Å². The van der Waals surface area contributed by atoms with E-state index in [4.69, 9.17) is 23.8 Å². The van der Waals surface area contributed by atoms with Crippen LogP contribution in [-0.4, -0.2) is 19.9 Å². The molecule has 0 saturated heterocycles. The number of fused-ring (bicyclic) bond motifs is 9. The Balaban J connectivity index is 0.000000727. The fourth-order valence-electron chi connectivity index (χ4n) is 7.34. The number of furan rings is 2. The van der Waals surface area contributed by atoms with E-state index in [1.807, 2.05) is 99.3 Å². The van der Waals surface area contributed by atoms with Crippen molar-refractivity contribution in [2.45, 2.75) is 34.1 Å². The molecular formula is C49H38N4O2SV. The molecule has 0 aliphatic heterocycles. The van der Waals surface area contributed by atoms with Crippen LogP contribution in [0.3, 0.4) is 0 Å². The number of hydrogen-bond acceptors (Lipinski definition) is 7. The van der Waals surface area contributed by atoms with Crippen LogP contribution in [0.1, 0.15) is 34.1 Å². The maximum atomic E-state index is 6.62. The fourth-order valence-corrected chi connectivity index (χ4v) is 8.53. The first kappa shape index (κ1) is 37.8. The van der Waals surface area contributed by atoms with Gasteiger partial charge in [-0.25, -0.2) is 0 Å². The maximum Gasteiger partial charge on any atom is 0.161 e. The summed E-state index contributed by atoms with van der Waals surface area (Å²) in [5, 5.41) is 3.11. The van der Waals surface area contributed by atoms with Gasteiger partial charge in [0.15, 0.2) is 11.2 Å². The third-order valence-electron chi connectivity index (χ3n) is 9.70. The van der Waals surface area contributed by atoms with Crippen LogP contribution in [0.15, 0.2) is 155 Å². The number of benzene rings is 4. The molecule has 6 nitrogen and oxygen atoms in total. The molecule has 57 heavy (non-hydrogen) atoms. The van der Waals surface area contributed by atoms with Crippen molar-refractivity contribution in [1.29, 1.82) is 0 Å². The number of aromatic nitrogens is 4. The predicted molar refractivity (Wildman–Crippen MR) is 234 cm³/mol. The fraction of sp³-hybridized carbons (Fsp3) is 0.102. The molecular weight excluding hydrogens is 760 g/mol. The second-order valence-corrected chi connectivity index (χ2v) is 14.4. The van der Waals surface area contributed by atoms with Crippen LogP contribution in [0.25, 0.3) is 109 Å². The summed E-state index contributed by atoms with van der Waals surface area (Å²) < 4.78 is 15.5. The molecule has 7 heterocycles. The summed E-state index contributed by atoms with van der Waals surface area (Å²) >= 11 is 1.77. The van der Waals surface area contributed by atoms with Gasteiger partial charge in [0.05, 0.1) is 15.9 Å². The minimum Gasteiger partial charge on any atom is -0.454 e. The van der Waals surface area contributed by atoms with Gasteiger partial charge in [0, 0.05) is 86.5 Å². The van der Waals surface area contributed by atoms with Gasteiger partial charge in [-0.1, -0.05) is 70.5 Å². The van der Waals surface area contributed by atoms with Crippen molar-refractivity contribution in [3.63, 3.8) is 0 Å². The Labute approximate surface area is 346 Å². The third-order valence-corrected chi connectivity index (χ3v) is 10.9. The molecule has 8 heteroatoms. The van der Waals surface area contributed by atoms with E-state index in [1.54, 1.807) is 11.3 Å². The first-order chi connectivity index (χ1) is 27.7. The van der Waals surface area contributed by atoms with Crippen molar-refractivity contribution in [1.82, 2.24) is 19.9 Å². The third kappa shape index (κ3) is 6.68. The molecule has 0 N–H and O–H groups in total. The molecule has 1 radical (unpaired) electrons. The Hall–Kier alpha value is -6.12. The summed E-state index contributed by atoms with van der Waals surface area (Å²) in [5.74, 6) is 0. The van der Waals surface area contributed by atoms with E-state index < -0.39 is 0 Å². The summed E-state index contributed by atoms with van der Waals surface area (Å²) in [6.07, 6.45) is 8.71. The van der Waals surface area contributed by atoms with Gasteiger partial charge < -0.3 is 8.83 Å². The molecule has 0 aliphatic rings. The number of hydrogen-bond donors (Lipinski definition) is 0. The van der Waals surface area contributed by atoms with Gasteiger partial charge in [-0.15, -0.1) is 11.3 Å². The minimum absolute atomic E-state index is 0. The maximum absolute atomic E-state index is 6.62. The molecule has 0 amide bonds. The largest absolute Gasteiger partial charge is 0.454 e. The summed E-state index contributed by atoms with van der Waals surface area (Å²) in [6, 6.07) is 41.6. The van der Waals surface area contributed by atoms with E-state index >= 15 is 0 Å². The zero-order valence-corrected chi connectivity index (χ0v) is 34.2. The average molecular weight is 798 g/mol. The molecule has 11 rings (SSSR count). The summed E-state index contributed by atoms with van der Waals surface area (Å²) in [5.41, 5.74) is 13.8. The van der Waals surface area contributed by atoms with E-state index in [0.29, 0.717) is 0 Å². The second kappa shape index (κ2) is 16.2. The van der Waals surface area contributed by atoms with Gasteiger partial charge in [-0.3, -0.25) is 19.9 Å². The van der Waals surface area contributed by atoms with E-state index in [-0.39, 0.29) is 18.6 Å². The Morgan fingerprint density at radius 1 is 0.474 bits per heavy atom.